The second-order valence-electron chi connectivity index (χ2n) is 7.01. The van der Waals surface area contributed by atoms with Gasteiger partial charge in [0.15, 0.2) is 5.78 Å². The number of amides is 1. The van der Waals surface area contributed by atoms with E-state index in [-0.39, 0.29) is 34.6 Å². The molecule has 0 bridgehead atoms. The van der Waals surface area contributed by atoms with Gasteiger partial charge in [-0.2, -0.15) is 5.26 Å². The molecule has 20 heavy (non-hydrogen) atoms. The fourth-order valence-electron chi connectivity index (χ4n) is 4.04. The van der Waals surface area contributed by atoms with Crippen LogP contribution in [-0.4, -0.2) is 29.2 Å². The van der Waals surface area contributed by atoms with E-state index >= 15 is 0 Å². The molecule has 1 saturated heterocycles. The van der Waals surface area contributed by atoms with E-state index in [1.807, 2.05) is 31.7 Å². The van der Waals surface area contributed by atoms with Crippen molar-refractivity contribution in [2.45, 2.75) is 47.1 Å². The van der Waals surface area contributed by atoms with E-state index < -0.39 is 5.41 Å². The standard InChI is InChI=1S/C16H22N2O2/c1-10-6-13-15(3,4)14(20)12(8-17)7-16(13,5)9-18(10)11(2)19/h7,10,13H,6,9H2,1-5H3/t10-,13-,16+/m0/s1. The van der Waals surface area contributed by atoms with Gasteiger partial charge < -0.3 is 4.90 Å². The number of ketones is 1. The van der Waals surface area contributed by atoms with Gasteiger partial charge in [-0.25, -0.2) is 0 Å². The Hall–Kier alpha value is -1.63. The van der Waals surface area contributed by atoms with E-state index in [2.05, 4.69) is 6.92 Å². The number of allylic oxidation sites excluding steroid dienone is 1. The molecule has 1 aliphatic carbocycles. The van der Waals surface area contributed by atoms with Crippen LogP contribution >= 0.6 is 0 Å². The van der Waals surface area contributed by atoms with Crippen LogP contribution in [0.3, 0.4) is 0 Å². The van der Waals surface area contributed by atoms with Gasteiger partial charge in [0.2, 0.25) is 5.91 Å². The number of hydrogen-bond donors (Lipinski definition) is 0. The third-order valence-electron chi connectivity index (χ3n) is 5.12. The van der Waals surface area contributed by atoms with Gasteiger partial charge in [-0.3, -0.25) is 9.59 Å². The Kier molecular flexibility index (Phi) is 3.28. The fourth-order valence-corrected chi connectivity index (χ4v) is 4.04. The molecule has 108 valence electrons. The van der Waals surface area contributed by atoms with Crippen LogP contribution in [-0.2, 0) is 9.59 Å². The summed E-state index contributed by atoms with van der Waals surface area (Å²) < 4.78 is 0. The molecular formula is C16H22N2O2. The number of carbonyl (C=O) groups is 2. The Morgan fingerprint density at radius 1 is 1.45 bits per heavy atom. The van der Waals surface area contributed by atoms with Crippen molar-refractivity contribution in [1.29, 1.82) is 5.26 Å². The number of likely N-dealkylation sites (tertiary alicyclic amines) is 1. The Bertz CT molecular complexity index is 541. The van der Waals surface area contributed by atoms with E-state index in [0.29, 0.717) is 6.54 Å². The SMILES string of the molecule is CC(=O)N1C[C@@]2(C)C=C(C#N)C(=O)C(C)(C)[C@@H]2C[C@@H]1C. The predicted octanol–water partition coefficient (Wildman–Crippen LogP) is 2.31. The largest absolute Gasteiger partial charge is 0.339 e. The smallest absolute Gasteiger partial charge is 0.219 e. The molecule has 0 spiro atoms. The molecule has 0 aromatic carbocycles. The van der Waals surface area contributed by atoms with Crippen molar-refractivity contribution < 1.29 is 9.59 Å². The van der Waals surface area contributed by atoms with Gasteiger partial charge in [0.05, 0.1) is 5.57 Å². The van der Waals surface area contributed by atoms with E-state index in [1.165, 1.54) is 0 Å². The number of rotatable bonds is 0. The van der Waals surface area contributed by atoms with Crippen LogP contribution < -0.4 is 0 Å². The van der Waals surface area contributed by atoms with Crippen LogP contribution in [0.4, 0.5) is 0 Å². The zero-order valence-corrected chi connectivity index (χ0v) is 12.9. The minimum Gasteiger partial charge on any atom is -0.339 e. The number of hydrogen-bond acceptors (Lipinski definition) is 3. The minimum atomic E-state index is -0.550. The van der Waals surface area contributed by atoms with Gasteiger partial charge in [0.25, 0.3) is 0 Å². The third kappa shape index (κ3) is 1.96. The average Bonchev–Trinajstić information content (AvgIpc) is 2.36. The van der Waals surface area contributed by atoms with Crippen LogP contribution in [0, 0.1) is 28.1 Å². The molecule has 2 rings (SSSR count). The Balaban J connectivity index is 2.52. The Morgan fingerprint density at radius 2 is 2.05 bits per heavy atom. The van der Waals surface area contributed by atoms with Crippen molar-refractivity contribution in [2.24, 2.45) is 16.7 Å². The van der Waals surface area contributed by atoms with Crippen molar-refractivity contribution in [1.82, 2.24) is 4.90 Å². The van der Waals surface area contributed by atoms with E-state index in [9.17, 15) is 14.9 Å². The highest BCUT2D eigenvalue weighted by molar-refractivity contribution is 6.04. The van der Waals surface area contributed by atoms with Gasteiger partial charge >= 0.3 is 0 Å². The first-order valence-corrected chi connectivity index (χ1v) is 7.08. The van der Waals surface area contributed by atoms with Crippen molar-refractivity contribution >= 4 is 11.7 Å². The molecule has 1 heterocycles. The first-order valence-electron chi connectivity index (χ1n) is 7.08. The van der Waals surface area contributed by atoms with E-state index in [4.69, 9.17) is 0 Å². The molecule has 2 aliphatic rings. The summed E-state index contributed by atoms with van der Waals surface area (Å²) in [4.78, 5) is 26.1. The Labute approximate surface area is 120 Å². The molecule has 0 unspecified atom stereocenters. The molecule has 1 amide bonds. The number of piperidine rings is 1. The van der Waals surface area contributed by atoms with Crippen LogP contribution in [0.1, 0.15) is 41.0 Å². The van der Waals surface area contributed by atoms with Gasteiger partial charge in [-0.1, -0.05) is 26.8 Å². The number of nitriles is 1. The maximum atomic E-state index is 12.4. The van der Waals surface area contributed by atoms with Crippen LogP contribution in [0.15, 0.2) is 11.6 Å². The van der Waals surface area contributed by atoms with Crippen LogP contribution in [0.5, 0.6) is 0 Å². The molecule has 1 aliphatic heterocycles. The number of nitrogens with zero attached hydrogens (tertiary/aromatic N) is 2. The monoisotopic (exact) mass is 274 g/mol. The summed E-state index contributed by atoms with van der Waals surface area (Å²) in [6.45, 7) is 10.1. The molecule has 0 N–H and O–H groups in total. The quantitative estimate of drug-likeness (QED) is 0.681. The molecular weight excluding hydrogens is 252 g/mol. The molecule has 0 saturated carbocycles. The van der Waals surface area contributed by atoms with E-state index in [0.717, 1.165) is 6.42 Å². The summed E-state index contributed by atoms with van der Waals surface area (Å²) in [5.41, 5.74) is -0.612. The highest BCUT2D eigenvalue weighted by Crippen LogP contribution is 2.53. The van der Waals surface area contributed by atoms with Crippen LogP contribution in [0.2, 0.25) is 0 Å². The van der Waals surface area contributed by atoms with Crippen molar-refractivity contribution in [3.8, 4) is 6.07 Å². The normalized spacial score (nSPS) is 35.9. The Morgan fingerprint density at radius 3 is 2.55 bits per heavy atom. The molecule has 0 radical (unpaired) electrons. The lowest BCUT2D eigenvalue weighted by Crippen LogP contribution is -2.59. The zero-order chi connectivity index (χ0) is 15.3. The molecule has 0 aromatic rings. The molecule has 4 nitrogen and oxygen atoms in total. The summed E-state index contributed by atoms with van der Waals surface area (Å²) >= 11 is 0. The average molecular weight is 274 g/mol. The predicted molar refractivity (Wildman–Crippen MR) is 75.5 cm³/mol. The topological polar surface area (TPSA) is 61.2 Å². The summed E-state index contributed by atoms with van der Waals surface area (Å²) in [6.07, 6.45) is 2.59. The fraction of sp³-hybridized carbons (Fsp3) is 0.688. The third-order valence-corrected chi connectivity index (χ3v) is 5.12. The van der Waals surface area contributed by atoms with Gasteiger partial charge in [-0.15, -0.1) is 0 Å². The van der Waals surface area contributed by atoms with Gasteiger partial charge in [0, 0.05) is 30.3 Å². The first kappa shape index (κ1) is 14.8. The second-order valence-corrected chi connectivity index (χ2v) is 7.01. The van der Waals surface area contributed by atoms with Gasteiger partial charge in [0.1, 0.15) is 6.07 Å². The number of Topliss-reactive ketones (excluding diaryl/α,β-unsaturated/α-hetero) is 1. The summed E-state index contributed by atoms with van der Waals surface area (Å²) in [7, 11) is 0. The number of carbonyl (C=O) groups excluding carboxylic acids is 2. The lowest BCUT2D eigenvalue weighted by atomic mass is 9.54. The molecule has 0 aromatic heterocycles. The molecule has 3 atom stereocenters. The highest BCUT2D eigenvalue weighted by Gasteiger charge is 2.54. The van der Waals surface area contributed by atoms with Gasteiger partial charge in [-0.05, 0) is 19.3 Å². The lowest BCUT2D eigenvalue weighted by Gasteiger charge is -2.55. The van der Waals surface area contributed by atoms with Crippen molar-refractivity contribution in [2.75, 3.05) is 6.54 Å². The summed E-state index contributed by atoms with van der Waals surface area (Å²) in [6, 6.07) is 2.16. The summed E-state index contributed by atoms with van der Waals surface area (Å²) in [5, 5.41) is 9.21. The maximum absolute atomic E-state index is 12.4. The zero-order valence-electron chi connectivity index (χ0n) is 12.9. The lowest BCUT2D eigenvalue weighted by molar-refractivity contribution is -0.143. The minimum absolute atomic E-state index is 0.0544. The molecule has 1 fully saturated rings. The maximum Gasteiger partial charge on any atom is 0.219 e. The van der Waals surface area contributed by atoms with Crippen LogP contribution in [0.25, 0.3) is 0 Å². The number of fused-ring (bicyclic) bond motifs is 1. The summed E-state index contributed by atoms with van der Waals surface area (Å²) in [5.74, 6) is 0.148. The highest BCUT2D eigenvalue weighted by atomic mass is 16.2. The van der Waals surface area contributed by atoms with E-state index in [1.54, 1.807) is 13.0 Å². The van der Waals surface area contributed by atoms with Crippen molar-refractivity contribution in [3.05, 3.63) is 11.6 Å². The first-order chi connectivity index (χ1) is 9.13. The second kappa shape index (κ2) is 4.44. The van der Waals surface area contributed by atoms with Crippen molar-refractivity contribution in [3.63, 3.8) is 0 Å². The molecule has 4 heteroatoms.